The number of ether oxygens (including phenoxy) is 4. The zero-order valence-electron chi connectivity index (χ0n) is 18.5. The molecule has 7 heteroatoms. The highest BCUT2D eigenvalue weighted by Gasteiger charge is 2.23. The van der Waals surface area contributed by atoms with Crippen molar-refractivity contribution in [1.82, 2.24) is 0 Å². The Morgan fingerprint density at radius 2 is 1.42 bits per heavy atom. The van der Waals surface area contributed by atoms with Crippen LogP contribution in [0.1, 0.15) is 31.9 Å². The van der Waals surface area contributed by atoms with Gasteiger partial charge in [-0.1, -0.05) is 38.1 Å². The maximum atomic E-state index is 11.2. The average molecular weight is 451 g/mol. The van der Waals surface area contributed by atoms with Crippen LogP contribution in [0.5, 0.6) is 11.5 Å². The van der Waals surface area contributed by atoms with Crippen molar-refractivity contribution < 1.29 is 28.8 Å². The van der Waals surface area contributed by atoms with Crippen molar-refractivity contribution in [3.63, 3.8) is 0 Å². The van der Waals surface area contributed by atoms with E-state index < -0.39 is 12.2 Å². The Balaban J connectivity index is 2.01. The van der Waals surface area contributed by atoms with E-state index >= 15 is 0 Å². The molecular formula is C24H31ClO6. The van der Waals surface area contributed by atoms with E-state index in [0.29, 0.717) is 11.5 Å². The molecule has 170 valence electrons. The first-order valence-corrected chi connectivity index (χ1v) is 10.7. The molecule has 0 radical (unpaired) electrons. The predicted molar refractivity (Wildman–Crippen MR) is 120 cm³/mol. The second-order valence-corrected chi connectivity index (χ2v) is 8.10. The van der Waals surface area contributed by atoms with Crippen LogP contribution in [0.15, 0.2) is 48.5 Å². The summed E-state index contributed by atoms with van der Waals surface area (Å²) in [5.41, 5.74) is 2.02. The maximum Gasteiger partial charge on any atom is 0.303 e. The first-order chi connectivity index (χ1) is 14.8. The predicted octanol–water partition coefficient (Wildman–Crippen LogP) is 3.95. The molecule has 0 unspecified atom stereocenters. The van der Waals surface area contributed by atoms with E-state index in [1.54, 1.807) is 7.11 Å². The van der Waals surface area contributed by atoms with Crippen molar-refractivity contribution in [2.24, 2.45) is 0 Å². The first-order valence-electron chi connectivity index (χ1n) is 10.1. The number of rotatable bonds is 12. The lowest BCUT2D eigenvalue weighted by atomic mass is 9.78. The van der Waals surface area contributed by atoms with E-state index in [2.05, 4.69) is 13.8 Å². The van der Waals surface area contributed by atoms with Gasteiger partial charge in [0.15, 0.2) is 6.10 Å². The van der Waals surface area contributed by atoms with E-state index in [1.165, 1.54) is 6.92 Å². The third-order valence-electron chi connectivity index (χ3n) is 4.89. The summed E-state index contributed by atoms with van der Waals surface area (Å²) in [6, 6.07) is 15.7. The number of alkyl halides is 1. The number of hydrogen-bond donors (Lipinski definition) is 1. The van der Waals surface area contributed by atoms with E-state index in [4.69, 9.17) is 30.5 Å². The number of methoxy groups -OCH3 is 1. The molecule has 0 fully saturated rings. The smallest absolute Gasteiger partial charge is 0.303 e. The van der Waals surface area contributed by atoms with Crippen molar-refractivity contribution in [1.29, 1.82) is 0 Å². The lowest BCUT2D eigenvalue weighted by Gasteiger charge is -2.26. The summed E-state index contributed by atoms with van der Waals surface area (Å²) in [4.78, 5) is 11.2. The minimum Gasteiger partial charge on any atom is -0.491 e. The highest BCUT2D eigenvalue weighted by Crippen LogP contribution is 2.33. The minimum atomic E-state index is -0.683. The lowest BCUT2D eigenvalue weighted by Crippen LogP contribution is -2.28. The van der Waals surface area contributed by atoms with Crippen LogP contribution >= 0.6 is 11.6 Å². The van der Waals surface area contributed by atoms with Crippen molar-refractivity contribution in [2.75, 3.05) is 32.8 Å². The second kappa shape index (κ2) is 11.9. The van der Waals surface area contributed by atoms with Gasteiger partial charge in [-0.3, -0.25) is 4.79 Å². The first kappa shape index (κ1) is 25.0. The van der Waals surface area contributed by atoms with Crippen LogP contribution in [0.2, 0.25) is 0 Å². The molecule has 2 atom stereocenters. The van der Waals surface area contributed by atoms with Gasteiger partial charge in [-0.15, -0.1) is 11.6 Å². The Labute approximate surface area is 189 Å². The summed E-state index contributed by atoms with van der Waals surface area (Å²) in [5.74, 6) is 1.15. The molecule has 0 saturated carbocycles. The maximum absolute atomic E-state index is 11.2. The van der Waals surface area contributed by atoms with Gasteiger partial charge in [-0.2, -0.15) is 0 Å². The van der Waals surface area contributed by atoms with Crippen LogP contribution in [-0.2, 0) is 19.7 Å². The molecule has 31 heavy (non-hydrogen) atoms. The highest BCUT2D eigenvalue weighted by molar-refractivity contribution is 6.18. The SMILES string of the molecule is COC[C@H](COc1ccc(C(C)(C)c2ccc(OC[C@@H](O)CCl)cc2)cc1)OC(C)=O. The summed E-state index contributed by atoms with van der Waals surface area (Å²) in [7, 11) is 1.55. The molecule has 0 amide bonds. The number of carbonyl (C=O) groups is 1. The molecule has 2 aromatic carbocycles. The number of hydrogen-bond acceptors (Lipinski definition) is 6. The van der Waals surface area contributed by atoms with Gasteiger partial charge >= 0.3 is 5.97 Å². The monoisotopic (exact) mass is 450 g/mol. The van der Waals surface area contributed by atoms with Crippen molar-refractivity contribution in [3.05, 3.63) is 59.7 Å². The van der Waals surface area contributed by atoms with Crippen LogP contribution in [0, 0.1) is 0 Å². The molecule has 0 aliphatic heterocycles. The van der Waals surface area contributed by atoms with E-state index in [0.717, 1.165) is 11.1 Å². The number of halogens is 1. The Morgan fingerprint density at radius 1 is 0.935 bits per heavy atom. The van der Waals surface area contributed by atoms with Gasteiger partial charge < -0.3 is 24.1 Å². The molecule has 6 nitrogen and oxygen atoms in total. The minimum absolute atomic E-state index is 0.140. The molecule has 2 rings (SSSR count). The van der Waals surface area contributed by atoms with Crippen molar-refractivity contribution >= 4 is 17.6 Å². The number of carbonyl (C=O) groups excluding carboxylic acids is 1. The zero-order valence-corrected chi connectivity index (χ0v) is 19.2. The molecule has 0 spiro atoms. The fourth-order valence-electron chi connectivity index (χ4n) is 3.07. The number of benzene rings is 2. The van der Waals surface area contributed by atoms with Gasteiger partial charge in [0, 0.05) is 19.4 Å². The van der Waals surface area contributed by atoms with Gasteiger partial charge in [0.1, 0.15) is 30.8 Å². The summed E-state index contributed by atoms with van der Waals surface area (Å²) >= 11 is 5.59. The fourth-order valence-corrected chi connectivity index (χ4v) is 3.15. The van der Waals surface area contributed by atoms with E-state index in [9.17, 15) is 9.90 Å². The Kier molecular flexibility index (Phi) is 9.62. The van der Waals surface area contributed by atoms with Crippen LogP contribution in [0.3, 0.4) is 0 Å². The van der Waals surface area contributed by atoms with E-state index in [-0.39, 0.29) is 37.1 Å². The summed E-state index contributed by atoms with van der Waals surface area (Å²) in [5, 5.41) is 9.51. The van der Waals surface area contributed by atoms with Gasteiger partial charge in [0.25, 0.3) is 0 Å². The van der Waals surface area contributed by atoms with Crippen LogP contribution < -0.4 is 9.47 Å². The molecule has 0 aliphatic carbocycles. The lowest BCUT2D eigenvalue weighted by molar-refractivity contribution is -0.150. The third kappa shape index (κ3) is 7.73. The Morgan fingerprint density at radius 3 is 1.84 bits per heavy atom. The van der Waals surface area contributed by atoms with Crippen LogP contribution in [0.25, 0.3) is 0 Å². The van der Waals surface area contributed by atoms with Gasteiger partial charge in [-0.25, -0.2) is 0 Å². The Bertz CT molecular complexity index is 804. The molecular weight excluding hydrogens is 420 g/mol. The standard InChI is InChI=1S/C24H31ClO6/c1-17(26)31-23(15-28-4)16-30-22-11-7-19(8-12-22)24(2,3)18-5-9-21(10-6-18)29-14-20(27)13-25/h5-12,20,23,27H,13-16H2,1-4H3/t20-,23+/m0/s1. The van der Waals surface area contributed by atoms with Gasteiger partial charge in [0.05, 0.1) is 12.5 Å². The largest absolute Gasteiger partial charge is 0.491 e. The summed E-state index contributed by atoms with van der Waals surface area (Å²) < 4.78 is 21.5. The average Bonchev–Trinajstić information content (AvgIpc) is 2.76. The van der Waals surface area contributed by atoms with Crippen LogP contribution in [-0.4, -0.2) is 56.1 Å². The van der Waals surface area contributed by atoms with Crippen molar-refractivity contribution in [3.8, 4) is 11.5 Å². The summed E-state index contributed by atoms with van der Waals surface area (Å²) in [6.07, 6.45) is -1.14. The summed E-state index contributed by atoms with van der Waals surface area (Å²) in [6.45, 7) is 6.31. The highest BCUT2D eigenvalue weighted by atomic mass is 35.5. The fraction of sp³-hybridized carbons (Fsp3) is 0.458. The quantitative estimate of drug-likeness (QED) is 0.390. The molecule has 0 heterocycles. The number of esters is 1. The van der Waals surface area contributed by atoms with E-state index in [1.807, 2.05) is 48.5 Å². The van der Waals surface area contributed by atoms with Crippen LogP contribution in [0.4, 0.5) is 0 Å². The van der Waals surface area contributed by atoms with Crippen molar-refractivity contribution in [2.45, 2.75) is 38.4 Å². The van der Waals surface area contributed by atoms with Gasteiger partial charge in [-0.05, 0) is 35.4 Å². The second-order valence-electron chi connectivity index (χ2n) is 7.79. The molecule has 2 aromatic rings. The number of aliphatic hydroxyl groups is 1. The Hall–Kier alpha value is -2.28. The molecule has 0 saturated heterocycles. The molecule has 0 bridgehead atoms. The van der Waals surface area contributed by atoms with Gasteiger partial charge in [0.2, 0.25) is 0 Å². The number of aliphatic hydroxyl groups excluding tert-OH is 1. The third-order valence-corrected chi connectivity index (χ3v) is 5.25. The topological polar surface area (TPSA) is 74.2 Å². The molecule has 1 N–H and O–H groups in total. The normalized spacial score (nSPS) is 13.4. The molecule has 0 aromatic heterocycles. The molecule has 0 aliphatic rings. The zero-order chi connectivity index (χ0) is 22.9.